The van der Waals surface area contributed by atoms with Gasteiger partial charge < -0.3 is 5.32 Å². The van der Waals surface area contributed by atoms with Gasteiger partial charge in [0, 0.05) is 13.1 Å². The lowest BCUT2D eigenvalue weighted by Crippen LogP contribution is -2.34. The van der Waals surface area contributed by atoms with Gasteiger partial charge in [0.1, 0.15) is 12.7 Å². The van der Waals surface area contributed by atoms with Gasteiger partial charge in [0.15, 0.2) is 0 Å². The van der Waals surface area contributed by atoms with E-state index in [2.05, 4.69) is 43.1 Å². The van der Waals surface area contributed by atoms with Crippen LogP contribution in [0.25, 0.3) is 0 Å². The van der Waals surface area contributed by atoms with E-state index >= 15 is 0 Å². The fourth-order valence-electron chi connectivity index (χ4n) is 1.51. The Morgan fingerprint density at radius 3 is 2.67 bits per heavy atom. The predicted molar refractivity (Wildman–Crippen MR) is 61.5 cm³/mol. The third kappa shape index (κ3) is 4.93. The summed E-state index contributed by atoms with van der Waals surface area (Å²) in [4.78, 5) is 3.95. The van der Waals surface area contributed by atoms with E-state index in [0.717, 1.165) is 19.6 Å². The molecule has 1 N–H and O–H groups in total. The highest BCUT2D eigenvalue weighted by Crippen LogP contribution is 2.15. The van der Waals surface area contributed by atoms with Crippen LogP contribution in [0.1, 0.15) is 27.7 Å². The number of aromatic nitrogens is 3. The van der Waals surface area contributed by atoms with Crippen molar-refractivity contribution in [1.82, 2.24) is 20.1 Å². The number of hydrogen-bond acceptors (Lipinski definition) is 3. The highest BCUT2D eigenvalue weighted by Gasteiger charge is 2.18. The summed E-state index contributed by atoms with van der Waals surface area (Å²) in [6, 6.07) is 0. The minimum absolute atomic E-state index is 0.211. The second kappa shape index (κ2) is 5.26. The van der Waals surface area contributed by atoms with Gasteiger partial charge in [0.2, 0.25) is 0 Å². The molecule has 1 aromatic heterocycles. The third-order valence-electron chi connectivity index (χ3n) is 2.21. The molecule has 1 heterocycles. The highest BCUT2D eigenvalue weighted by molar-refractivity contribution is 4.73. The summed E-state index contributed by atoms with van der Waals surface area (Å²) in [7, 11) is 0. The molecule has 1 aromatic rings. The molecule has 0 atom stereocenters. The van der Waals surface area contributed by atoms with Gasteiger partial charge in [-0.1, -0.05) is 27.7 Å². The van der Waals surface area contributed by atoms with E-state index in [0.29, 0.717) is 5.92 Å². The van der Waals surface area contributed by atoms with Crippen molar-refractivity contribution in [3.05, 3.63) is 12.7 Å². The molecule has 0 saturated carbocycles. The Balaban J connectivity index is 2.32. The SMILES string of the molecule is CC(C)CNCC(C)(C)Cn1cncn1. The first kappa shape index (κ1) is 12.2. The van der Waals surface area contributed by atoms with E-state index < -0.39 is 0 Å². The third-order valence-corrected chi connectivity index (χ3v) is 2.21. The maximum absolute atomic E-state index is 4.12. The minimum Gasteiger partial charge on any atom is -0.316 e. The Morgan fingerprint density at radius 1 is 1.40 bits per heavy atom. The molecule has 0 bridgehead atoms. The topological polar surface area (TPSA) is 42.7 Å². The molecule has 0 aliphatic heterocycles. The number of nitrogens with one attached hydrogen (secondary N) is 1. The Morgan fingerprint density at radius 2 is 2.13 bits per heavy atom. The fourth-order valence-corrected chi connectivity index (χ4v) is 1.51. The molecular formula is C11H22N4. The van der Waals surface area contributed by atoms with Crippen molar-refractivity contribution in [3.8, 4) is 0 Å². The summed E-state index contributed by atoms with van der Waals surface area (Å²) < 4.78 is 1.89. The van der Waals surface area contributed by atoms with Crippen molar-refractivity contribution in [2.75, 3.05) is 13.1 Å². The van der Waals surface area contributed by atoms with Gasteiger partial charge in [0.05, 0.1) is 0 Å². The van der Waals surface area contributed by atoms with Gasteiger partial charge in [-0.15, -0.1) is 0 Å². The van der Waals surface area contributed by atoms with E-state index in [1.807, 2.05) is 4.68 Å². The molecule has 0 aromatic carbocycles. The van der Waals surface area contributed by atoms with Gasteiger partial charge >= 0.3 is 0 Å². The van der Waals surface area contributed by atoms with Crippen LogP contribution >= 0.6 is 0 Å². The van der Waals surface area contributed by atoms with Crippen LogP contribution in [0.2, 0.25) is 0 Å². The highest BCUT2D eigenvalue weighted by atomic mass is 15.3. The quantitative estimate of drug-likeness (QED) is 0.774. The Hall–Kier alpha value is -0.900. The van der Waals surface area contributed by atoms with Crippen molar-refractivity contribution >= 4 is 0 Å². The van der Waals surface area contributed by atoms with Gasteiger partial charge in [-0.3, -0.25) is 4.68 Å². The fraction of sp³-hybridized carbons (Fsp3) is 0.818. The lowest BCUT2D eigenvalue weighted by Gasteiger charge is -2.25. The molecule has 0 aliphatic carbocycles. The largest absolute Gasteiger partial charge is 0.316 e. The van der Waals surface area contributed by atoms with Crippen molar-refractivity contribution in [2.45, 2.75) is 34.2 Å². The monoisotopic (exact) mass is 210 g/mol. The molecule has 0 radical (unpaired) electrons. The molecule has 1 rings (SSSR count). The maximum atomic E-state index is 4.12. The molecule has 4 heteroatoms. The molecule has 0 unspecified atom stereocenters. The summed E-state index contributed by atoms with van der Waals surface area (Å²) in [5, 5.41) is 7.60. The average molecular weight is 210 g/mol. The molecule has 15 heavy (non-hydrogen) atoms. The Labute approximate surface area is 92.1 Å². The van der Waals surface area contributed by atoms with Crippen LogP contribution in [0.3, 0.4) is 0 Å². The van der Waals surface area contributed by atoms with E-state index in [9.17, 15) is 0 Å². The zero-order valence-electron chi connectivity index (χ0n) is 10.2. The van der Waals surface area contributed by atoms with Crippen molar-refractivity contribution < 1.29 is 0 Å². The summed E-state index contributed by atoms with van der Waals surface area (Å²) >= 11 is 0. The van der Waals surface area contributed by atoms with Gasteiger partial charge in [-0.25, -0.2) is 4.98 Å². The molecule has 4 nitrogen and oxygen atoms in total. The lowest BCUT2D eigenvalue weighted by molar-refractivity contribution is 0.272. The van der Waals surface area contributed by atoms with Crippen LogP contribution in [-0.4, -0.2) is 27.9 Å². The Bertz CT molecular complexity index is 264. The van der Waals surface area contributed by atoms with Crippen LogP contribution in [-0.2, 0) is 6.54 Å². The second-order valence-electron chi connectivity index (χ2n) is 5.28. The van der Waals surface area contributed by atoms with E-state index in [-0.39, 0.29) is 5.41 Å². The van der Waals surface area contributed by atoms with Crippen LogP contribution in [0.5, 0.6) is 0 Å². The molecule has 0 amide bonds. The maximum Gasteiger partial charge on any atom is 0.137 e. The first-order valence-electron chi connectivity index (χ1n) is 5.53. The normalized spacial score (nSPS) is 12.3. The summed E-state index contributed by atoms with van der Waals surface area (Å²) in [5.41, 5.74) is 0.211. The van der Waals surface area contributed by atoms with E-state index in [1.165, 1.54) is 0 Å². The van der Waals surface area contributed by atoms with Crippen molar-refractivity contribution in [1.29, 1.82) is 0 Å². The van der Waals surface area contributed by atoms with Crippen LogP contribution in [0.4, 0.5) is 0 Å². The van der Waals surface area contributed by atoms with Gasteiger partial charge in [-0.05, 0) is 17.9 Å². The first-order valence-corrected chi connectivity index (χ1v) is 5.53. The van der Waals surface area contributed by atoms with Crippen molar-refractivity contribution in [3.63, 3.8) is 0 Å². The molecular weight excluding hydrogens is 188 g/mol. The van der Waals surface area contributed by atoms with Gasteiger partial charge in [0.25, 0.3) is 0 Å². The molecule has 0 spiro atoms. The predicted octanol–water partition coefficient (Wildman–Crippen LogP) is 1.55. The summed E-state index contributed by atoms with van der Waals surface area (Å²) in [6.07, 6.45) is 3.35. The zero-order valence-corrected chi connectivity index (χ0v) is 10.2. The second-order valence-corrected chi connectivity index (χ2v) is 5.28. The first-order chi connectivity index (χ1) is 6.99. The molecule has 0 saturated heterocycles. The zero-order chi connectivity index (χ0) is 11.3. The number of hydrogen-bond donors (Lipinski definition) is 1. The Kier molecular flexibility index (Phi) is 4.27. The van der Waals surface area contributed by atoms with Gasteiger partial charge in [-0.2, -0.15) is 5.10 Å². The van der Waals surface area contributed by atoms with Crippen LogP contribution < -0.4 is 5.32 Å². The van der Waals surface area contributed by atoms with Crippen molar-refractivity contribution in [2.24, 2.45) is 11.3 Å². The summed E-state index contributed by atoms with van der Waals surface area (Å²) in [5.74, 6) is 0.701. The minimum atomic E-state index is 0.211. The molecule has 86 valence electrons. The number of rotatable bonds is 6. The number of nitrogens with zero attached hydrogens (tertiary/aromatic N) is 3. The van der Waals surface area contributed by atoms with E-state index in [1.54, 1.807) is 12.7 Å². The molecule has 0 fully saturated rings. The smallest absolute Gasteiger partial charge is 0.137 e. The standard InChI is InChI=1S/C11H22N4/c1-10(2)5-12-6-11(3,4)7-15-9-13-8-14-15/h8-10,12H,5-7H2,1-4H3. The summed E-state index contributed by atoms with van der Waals surface area (Å²) in [6.45, 7) is 11.9. The van der Waals surface area contributed by atoms with Crippen LogP contribution in [0.15, 0.2) is 12.7 Å². The van der Waals surface area contributed by atoms with E-state index in [4.69, 9.17) is 0 Å². The molecule has 0 aliphatic rings. The average Bonchev–Trinajstić information content (AvgIpc) is 2.54. The lowest BCUT2D eigenvalue weighted by atomic mass is 9.93. The van der Waals surface area contributed by atoms with Crippen LogP contribution in [0, 0.1) is 11.3 Å².